The highest BCUT2D eigenvalue weighted by atomic mass is 16.3. The fraction of sp³-hybridized carbons (Fsp3) is 0.800. The van der Waals surface area contributed by atoms with E-state index in [0.717, 1.165) is 5.69 Å². The van der Waals surface area contributed by atoms with Gasteiger partial charge in [0, 0.05) is 19.7 Å². The molecule has 3 N–H and O–H groups in total. The van der Waals surface area contributed by atoms with Gasteiger partial charge in [-0.1, -0.05) is 19.1 Å². The van der Waals surface area contributed by atoms with Gasteiger partial charge in [-0.15, -0.1) is 5.10 Å². The number of hydrogen-bond acceptors (Lipinski definition) is 4. The monoisotopic (exact) mass is 212 g/mol. The lowest BCUT2D eigenvalue weighted by Crippen LogP contribution is -2.33. The maximum absolute atomic E-state index is 9.99. The van der Waals surface area contributed by atoms with Gasteiger partial charge < -0.3 is 10.8 Å². The van der Waals surface area contributed by atoms with Gasteiger partial charge in [-0.05, 0) is 18.4 Å². The first-order valence-electron chi connectivity index (χ1n) is 5.28. The number of rotatable bonds is 5. The molecule has 5 nitrogen and oxygen atoms in total. The van der Waals surface area contributed by atoms with E-state index >= 15 is 0 Å². The van der Waals surface area contributed by atoms with Gasteiger partial charge in [-0.25, -0.2) is 0 Å². The highest BCUT2D eigenvalue weighted by Crippen LogP contribution is 2.16. The molecule has 5 heteroatoms. The molecule has 0 saturated carbocycles. The number of nitrogens with zero attached hydrogens (tertiary/aromatic N) is 3. The lowest BCUT2D eigenvalue weighted by molar-refractivity contribution is 0.0855. The molecule has 0 aliphatic carbocycles. The molecule has 0 saturated heterocycles. The zero-order chi connectivity index (χ0) is 11.4. The quantitative estimate of drug-likeness (QED) is 0.717. The molecule has 15 heavy (non-hydrogen) atoms. The van der Waals surface area contributed by atoms with Crippen LogP contribution in [-0.4, -0.2) is 32.7 Å². The zero-order valence-corrected chi connectivity index (χ0v) is 9.59. The number of aryl methyl sites for hydroxylation is 1. The molecule has 2 atom stereocenters. The van der Waals surface area contributed by atoms with Crippen molar-refractivity contribution in [1.29, 1.82) is 0 Å². The van der Waals surface area contributed by atoms with Crippen LogP contribution in [0.25, 0.3) is 0 Å². The Bertz CT molecular complexity index is 297. The van der Waals surface area contributed by atoms with E-state index < -0.39 is 6.10 Å². The zero-order valence-electron chi connectivity index (χ0n) is 9.59. The Morgan fingerprint density at radius 3 is 2.60 bits per heavy atom. The van der Waals surface area contributed by atoms with Crippen LogP contribution in [0.15, 0.2) is 6.20 Å². The van der Waals surface area contributed by atoms with E-state index in [9.17, 15) is 5.11 Å². The fourth-order valence-electron chi connectivity index (χ4n) is 1.73. The maximum atomic E-state index is 9.99. The molecule has 0 bridgehead atoms. The Kier molecular flexibility index (Phi) is 4.23. The normalized spacial score (nSPS) is 15.6. The average Bonchev–Trinajstić information content (AvgIpc) is 2.51. The van der Waals surface area contributed by atoms with Crippen molar-refractivity contribution in [1.82, 2.24) is 15.0 Å². The Labute approximate surface area is 90.3 Å². The summed E-state index contributed by atoms with van der Waals surface area (Å²) in [5, 5.41) is 17.8. The van der Waals surface area contributed by atoms with Crippen LogP contribution in [0.5, 0.6) is 0 Å². The summed E-state index contributed by atoms with van der Waals surface area (Å²) in [6.07, 6.45) is 1.90. The summed E-state index contributed by atoms with van der Waals surface area (Å²) in [7, 11) is 1.81. The van der Waals surface area contributed by atoms with Crippen LogP contribution >= 0.6 is 0 Å². The second-order valence-corrected chi connectivity index (χ2v) is 4.30. The van der Waals surface area contributed by atoms with Gasteiger partial charge in [-0.3, -0.25) is 4.68 Å². The number of aromatic nitrogens is 3. The minimum atomic E-state index is -0.438. The van der Waals surface area contributed by atoms with Gasteiger partial charge in [0.25, 0.3) is 0 Å². The van der Waals surface area contributed by atoms with Crippen LogP contribution in [0.3, 0.4) is 0 Å². The smallest absolute Gasteiger partial charge is 0.0852 e. The highest BCUT2D eigenvalue weighted by molar-refractivity contribution is 4.95. The Balaban J connectivity index is 2.57. The molecule has 0 amide bonds. The molecule has 2 unspecified atom stereocenters. The minimum Gasteiger partial charge on any atom is -0.392 e. The van der Waals surface area contributed by atoms with Crippen molar-refractivity contribution >= 4 is 0 Å². The molecule has 1 aromatic heterocycles. The standard InChI is InChI=1S/C10H20N4O/c1-7(2)9(5-11)10(15)4-8-6-14(3)13-12-8/h6-7,9-10,15H,4-5,11H2,1-3H3. The van der Waals surface area contributed by atoms with E-state index in [0.29, 0.717) is 18.9 Å². The molecular formula is C10H20N4O. The third-order valence-corrected chi connectivity index (χ3v) is 2.69. The SMILES string of the molecule is CC(C)C(CN)C(O)Cc1cn(C)nn1. The van der Waals surface area contributed by atoms with Crippen molar-refractivity contribution in [2.45, 2.75) is 26.4 Å². The van der Waals surface area contributed by atoms with Gasteiger partial charge in [0.15, 0.2) is 0 Å². The minimum absolute atomic E-state index is 0.118. The molecule has 0 aliphatic heterocycles. The molecular weight excluding hydrogens is 192 g/mol. The second-order valence-electron chi connectivity index (χ2n) is 4.30. The van der Waals surface area contributed by atoms with Crippen molar-refractivity contribution in [3.05, 3.63) is 11.9 Å². The maximum Gasteiger partial charge on any atom is 0.0852 e. The van der Waals surface area contributed by atoms with Crippen LogP contribution in [-0.2, 0) is 13.5 Å². The molecule has 1 rings (SSSR count). The largest absolute Gasteiger partial charge is 0.392 e. The number of aliphatic hydroxyl groups excluding tert-OH is 1. The van der Waals surface area contributed by atoms with E-state index in [1.165, 1.54) is 0 Å². The Morgan fingerprint density at radius 2 is 2.20 bits per heavy atom. The summed E-state index contributed by atoms with van der Waals surface area (Å²) < 4.78 is 1.63. The van der Waals surface area contributed by atoms with Crippen LogP contribution in [0.2, 0.25) is 0 Å². The van der Waals surface area contributed by atoms with Crippen LogP contribution in [0.1, 0.15) is 19.5 Å². The molecule has 1 heterocycles. The predicted octanol–water partition coefficient (Wildman–Crippen LogP) is -0.0506. The van der Waals surface area contributed by atoms with E-state index in [2.05, 4.69) is 24.2 Å². The molecule has 0 radical (unpaired) electrons. The average molecular weight is 212 g/mol. The summed E-state index contributed by atoms with van der Waals surface area (Å²) in [6, 6.07) is 0. The van der Waals surface area contributed by atoms with Crippen molar-refractivity contribution in [3.8, 4) is 0 Å². The lowest BCUT2D eigenvalue weighted by atomic mass is 9.88. The fourth-order valence-corrected chi connectivity index (χ4v) is 1.73. The van der Waals surface area contributed by atoms with Crippen molar-refractivity contribution < 1.29 is 5.11 Å². The van der Waals surface area contributed by atoms with Gasteiger partial charge in [0.2, 0.25) is 0 Å². The molecule has 0 fully saturated rings. The summed E-state index contributed by atoms with van der Waals surface area (Å²) >= 11 is 0. The number of hydrogen-bond donors (Lipinski definition) is 2. The van der Waals surface area contributed by atoms with Crippen LogP contribution in [0.4, 0.5) is 0 Å². The summed E-state index contributed by atoms with van der Waals surface area (Å²) in [5.74, 6) is 0.494. The van der Waals surface area contributed by atoms with Crippen LogP contribution in [0, 0.1) is 11.8 Å². The van der Waals surface area contributed by atoms with Gasteiger partial charge in [0.1, 0.15) is 0 Å². The Morgan fingerprint density at radius 1 is 1.53 bits per heavy atom. The summed E-state index contributed by atoms with van der Waals surface area (Å²) in [5.41, 5.74) is 6.44. The second kappa shape index (κ2) is 5.23. The first-order chi connectivity index (χ1) is 7.04. The van der Waals surface area contributed by atoms with Crippen LogP contribution < -0.4 is 5.73 Å². The first kappa shape index (κ1) is 12.1. The third kappa shape index (κ3) is 3.28. The van der Waals surface area contributed by atoms with Crippen molar-refractivity contribution in [2.75, 3.05) is 6.54 Å². The van der Waals surface area contributed by atoms with Gasteiger partial charge in [0.05, 0.1) is 11.8 Å². The number of aliphatic hydroxyl groups is 1. The third-order valence-electron chi connectivity index (χ3n) is 2.69. The topological polar surface area (TPSA) is 77.0 Å². The van der Waals surface area contributed by atoms with Gasteiger partial charge in [-0.2, -0.15) is 0 Å². The van der Waals surface area contributed by atoms with E-state index in [4.69, 9.17) is 5.73 Å². The highest BCUT2D eigenvalue weighted by Gasteiger charge is 2.22. The molecule has 0 aromatic carbocycles. The van der Waals surface area contributed by atoms with E-state index in [1.54, 1.807) is 4.68 Å². The van der Waals surface area contributed by atoms with Crippen molar-refractivity contribution in [3.63, 3.8) is 0 Å². The molecule has 0 spiro atoms. The number of nitrogens with two attached hydrogens (primary N) is 1. The van der Waals surface area contributed by atoms with Gasteiger partial charge >= 0.3 is 0 Å². The lowest BCUT2D eigenvalue weighted by Gasteiger charge is -2.24. The molecule has 86 valence electrons. The van der Waals surface area contributed by atoms with Crippen molar-refractivity contribution in [2.24, 2.45) is 24.6 Å². The first-order valence-corrected chi connectivity index (χ1v) is 5.28. The van der Waals surface area contributed by atoms with E-state index in [-0.39, 0.29) is 5.92 Å². The Hall–Kier alpha value is -0.940. The van der Waals surface area contributed by atoms with E-state index in [1.807, 2.05) is 13.2 Å². The predicted molar refractivity (Wildman–Crippen MR) is 58.1 cm³/mol. The summed E-state index contributed by atoms with van der Waals surface area (Å²) in [6.45, 7) is 4.63. The molecule has 0 aliphatic rings. The molecule has 1 aromatic rings. The summed E-state index contributed by atoms with van der Waals surface area (Å²) in [4.78, 5) is 0.